The number of hydrogen-bond donors (Lipinski definition) is 0. The van der Waals surface area contributed by atoms with E-state index < -0.39 is 0 Å². The number of nitrogens with zero attached hydrogens (tertiary/aromatic N) is 3. The van der Waals surface area contributed by atoms with Gasteiger partial charge in [0.15, 0.2) is 0 Å². The molecule has 3 nitrogen and oxygen atoms in total. The Morgan fingerprint density at radius 3 is 3.17 bits per heavy atom. The van der Waals surface area contributed by atoms with E-state index in [9.17, 15) is 0 Å². The van der Waals surface area contributed by atoms with Crippen molar-refractivity contribution in [2.24, 2.45) is 0 Å². The summed E-state index contributed by atoms with van der Waals surface area (Å²) < 4.78 is 1.18. The van der Waals surface area contributed by atoms with Crippen molar-refractivity contribution in [1.82, 2.24) is 14.9 Å². The van der Waals surface area contributed by atoms with Gasteiger partial charge in [0.25, 0.3) is 0 Å². The van der Waals surface area contributed by atoms with E-state index in [1.807, 2.05) is 24.5 Å². The molecule has 94 valence electrons. The van der Waals surface area contributed by atoms with E-state index in [1.165, 1.54) is 20.6 Å². The molecule has 0 N–H and O–H groups in total. The molecule has 2 aromatic heterocycles. The third-order valence-corrected chi connectivity index (χ3v) is 4.82. The average Bonchev–Trinajstić information content (AvgIpc) is 2.75. The molecule has 1 aliphatic heterocycles. The van der Waals surface area contributed by atoms with Crippen LogP contribution in [0.1, 0.15) is 22.0 Å². The van der Waals surface area contributed by atoms with Crippen LogP contribution in [0, 0.1) is 6.92 Å². The lowest BCUT2D eigenvalue weighted by molar-refractivity contribution is 0.245. The van der Waals surface area contributed by atoms with Crippen molar-refractivity contribution in [2.75, 3.05) is 6.54 Å². The quantitative estimate of drug-likeness (QED) is 0.850. The van der Waals surface area contributed by atoms with Gasteiger partial charge in [-0.25, -0.2) is 9.97 Å². The van der Waals surface area contributed by atoms with Crippen molar-refractivity contribution in [3.05, 3.63) is 44.1 Å². The van der Waals surface area contributed by atoms with Crippen LogP contribution in [0.5, 0.6) is 0 Å². The van der Waals surface area contributed by atoms with Gasteiger partial charge in [0.2, 0.25) is 0 Å². The average molecular weight is 324 g/mol. The Balaban J connectivity index is 1.73. The molecule has 0 saturated heterocycles. The molecule has 0 bridgehead atoms. The number of thiophene rings is 1. The van der Waals surface area contributed by atoms with Crippen molar-refractivity contribution in [1.29, 1.82) is 0 Å². The van der Waals surface area contributed by atoms with Crippen LogP contribution in [0.3, 0.4) is 0 Å². The van der Waals surface area contributed by atoms with Crippen molar-refractivity contribution < 1.29 is 0 Å². The highest BCUT2D eigenvalue weighted by molar-refractivity contribution is 9.10. The molecule has 0 fully saturated rings. The highest BCUT2D eigenvalue weighted by Crippen LogP contribution is 2.24. The number of fused-ring (bicyclic) bond motifs is 1. The Kier molecular flexibility index (Phi) is 3.46. The summed E-state index contributed by atoms with van der Waals surface area (Å²) in [6, 6.07) is 2.20. The highest BCUT2D eigenvalue weighted by atomic mass is 79.9. The number of halogens is 1. The molecule has 0 radical (unpaired) electrons. The first-order valence-electron chi connectivity index (χ1n) is 5.97. The largest absolute Gasteiger partial charge is 0.293 e. The summed E-state index contributed by atoms with van der Waals surface area (Å²) in [5, 5.41) is 2.14. The van der Waals surface area contributed by atoms with Crippen molar-refractivity contribution in [3.8, 4) is 0 Å². The van der Waals surface area contributed by atoms with Gasteiger partial charge in [0, 0.05) is 58.2 Å². The third kappa shape index (κ3) is 2.63. The van der Waals surface area contributed by atoms with Crippen LogP contribution in [-0.4, -0.2) is 21.4 Å². The summed E-state index contributed by atoms with van der Waals surface area (Å²) in [6.45, 7) is 5.02. The summed E-state index contributed by atoms with van der Waals surface area (Å²) in [5.74, 6) is 0.879. The zero-order valence-electron chi connectivity index (χ0n) is 10.2. The molecular formula is C13H14BrN3S. The summed E-state index contributed by atoms with van der Waals surface area (Å²) in [5.41, 5.74) is 2.51. The van der Waals surface area contributed by atoms with Gasteiger partial charge in [-0.05, 0) is 28.9 Å². The predicted molar refractivity (Wildman–Crippen MR) is 76.6 cm³/mol. The molecule has 0 aliphatic carbocycles. The first-order valence-corrected chi connectivity index (χ1v) is 7.64. The van der Waals surface area contributed by atoms with Crippen LogP contribution in [-0.2, 0) is 19.5 Å². The molecule has 0 aromatic carbocycles. The van der Waals surface area contributed by atoms with Crippen LogP contribution >= 0.6 is 27.3 Å². The van der Waals surface area contributed by atoms with Gasteiger partial charge in [-0.2, -0.15) is 0 Å². The number of rotatable bonds is 2. The fourth-order valence-corrected chi connectivity index (χ4v) is 3.76. The number of aromatic nitrogens is 2. The molecule has 0 saturated carbocycles. The highest BCUT2D eigenvalue weighted by Gasteiger charge is 2.18. The molecule has 18 heavy (non-hydrogen) atoms. The summed E-state index contributed by atoms with van der Waals surface area (Å²) in [4.78, 5) is 12.7. The van der Waals surface area contributed by atoms with Crippen LogP contribution in [0.2, 0.25) is 0 Å². The molecule has 1 aliphatic rings. The van der Waals surface area contributed by atoms with Gasteiger partial charge in [-0.1, -0.05) is 0 Å². The zero-order valence-corrected chi connectivity index (χ0v) is 12.6. The van der Waals surface area contributed by atoms with Gasteiger partial charge in [0.1, 0.15) is 5.82 Å². The van der Waals surface area contributed by atoms with Crippen LogP contribution in [0.25, 0.3) is 0 Å². The normalized spacial score (nSPS) is 15.7. The maximum Gasteiger partial charge on any atom is 0.125 e. The number of hydrogen-bond acceptors (Lipinski definition) is 4. The molecule has 3 rings (SSSR count). The second kappa shape index (κ2) is 5.07. The lowest BCUT2D eigenvalue weighted by Gasteiger charge is -2.27. The lowest BCUT2D eigenvalue weighted by atomic mass is 10.1. The molecular weight excluding hydrogens is 310 g/mol. The molecule has 0 unspecified atom stereocenters. The molecule has 5 heteroatoms. The van der Waals surface area contributed by atoms with E-state index in [1.54, 1.807) is 0 Å². The molecule has 2 aromatic rings. The molecule has 0 amide bonds. The standard InChI is InChI=1S/C13H14BrN3S/c1-9-15-5-10-6-17(3-2-13(10)16-9)7-12-4-11(14)8-18-12/h4-5,8H,2-3,6-7H2,1H3. The van der Waals surface area contributed by atoms with E-state index in [0.29, 0.717) is 0 Å². The Labute approximate surface area is 119 Å². The Morgan fingerprint density at radius 1 is 1.50 bits per heavy atom. The second-order valence-corrected chi connectivity index (χ2v) is 6.49. The minimum atomic E-state index is 0.879. The van der Waals surface area contributed by atoms with E-state index in [2.05, 4.69) is 42.2 Å². The Bertz CT molecular complexity index is 567. The van der Waals surface area contributed by atoms with Gasteiger partial charge in [-0.3, -0.25) is 4.90 Å². The minimum Gasteiger partial charge on any atom is -0.293 e. The van der Waals surface area contributed by atoms with Gasteiger partial charge >= 0.3 is 0 Å². The summed E-state index contributed by atoms with van der Waals surface area (Å²) in [6.07, 6.45) is 3.01. The topological polar surface area (TPSA) is 29.0 Å². The summed E-state index contributed by atoms with van der Waals surface area (Å²) in [7, 11) is 0. The smallest absolute Gasteiger partial charge is 0.125 e. The van der Waals surface area contributed by atoms with Crippen molar-refractivity contribution in [2.45, 2.75) is 26.4 Å². The van der Waals surface area contributed by atoms with Gasteiger partial charge < -0.3 is 0 Å². The SMILES string of the molecule is Cc1ncc2c(n1)CCN(Cc1cc(Br)cs1)C2. The van der Waals surface area contributed by atoms with Gasteiger partial charge in [-0.15, -0.1) is 11.3 Å². The van der Waals surface area contributed by atoms with Crippen LogP contribution < -0.4 is 0 Å². The van der Waals surface area contributed by atoms with Crippen molar-refractivity contribution in [3.63, 3.8) is 0 Å². The monoisotopic (exact) mass is 323 g/mol. The summed E-state index contributed by atoms with van der Waals surface area (Å²) >= 11 is 5.31. The van der Waals surface area contributed by atoms with E-state index >= 15 is 0 Å². The van der Waals surface area contributed by atoms with E-state index in [-0.39, 0.29) is 0 Å². The minimum absolute atomic E-state index is 0.879. The molecule has 3 heterocycles. The second-order valence-electron chi connectivity index (χ2n) is 4.58. The Hall–Kier alpha value is -0.780. The Morgan fingerprint density at radius 2 is 2.39 bits per heavy atom. The van der Waals surface area contributed by atoms with Crippen LogP contribution in [0.15, 0.2) is 22.1 Å². The maximum atomic E-state index is 4.52. The lowest BCUT2D eigenvalue weighted by Crippen LogP contribution is -2.30. The molecule has 0 atom stereocenters. The van der Waals surface area contributed by atoms with Crippen molar-refractivity contribution >= 4 is 27.3 Å². The first kappa shape index (κ1) is 12.3. The zero-order chi connectivity index (χ0) is 12.5. The first-order chi connectivity index (χ1) is 8.70. The van der Waals surface area contributed by atoms with Gasteiger partial charge in [0.05, 0.1) is 0 Å². The fourth-order valence-electron chi connectivity index (χ4n) is 2.27. The number of aryl methyl sites for hydroxylation is 1. The predicted octanol–water partition coefficient (Wildman–Crippen LogP) is 3.17. The maximum absolute atomic E-state index is 4.52. The third-order valence-electron chi connectivity index (χ3n) is 3.13. The van der Waals surface area contributed by atoms with E-state index in [0.717, 1.165) is 31.9 Å². The fraction of sp³-hybridized carbons (Fsp3) is 0.385. The van der Waals surface area contributed by atoms with E-state index in [4.69, 9.17) is 0 Å². The molecule has 0 spiro atoms. The van der Waals surface area contributed by atoms with Crippen LogP contribution in [0.4, 0.5) is 0 Å².